The number of aliphatic hydroxyl groups excluding tert-OH is 1. The van der Waals surface area contributed by atoms with Crippen molar-refractivity contribution in [1.29, 1.82) is 5.26 Å². The third-order valence-corrected chi connectivity index (χ3v) is 3.41. The van der Waals surface area contributed by atoms with Crippen LogP contribution in [-0.4, -0.2) is 18.3 Å². The number of aliphatic hydroxyl groups is 1. The highest BCUT2D eigenvalue weighted by Gasteiger charge is 2.08. The molecule has 0 fully saturated rings. The Balaban J connectivity index is 2.64. The van der Waals surface area contributed by atoms with Gasteiger partial charge in [0.15, 0.2) is 0 Å². The van der Waals surface area contributed by atoms with E-state index >= 15 is 0 Å². The number of benzene rings is 1. The molecule has 0 aromatic heterocycles. The minimum absolute atomic E-state index is 0.220. The van der Waals surface area contributed by atoms with Gasteiger partial charge in [-0.05, 0) is 37.0 Å². The van der Waals surface area contributed by atoms with Crippen molar-refractivity contribution in [2.75, 3.05) is 18.5 Å². The van der Waals surface area contributed by atoms with E-state index in [1.165, 1.54) is 0 Å². The van der Waals surface area contributed by atoms with Crippen molar-refractivity contribution < 1.29 is 5.11 Å². The minimum atomic E-state index is 0.220. The van der Waals surface area contributed by atoms with Crippen molar-refractivity contribution in [2.45, 2.75) is 26.2 Å². The number of nitriles is 1. The summed E-state index contributed by atoms with van der Waals surface area (Å²) in [5, 5.41) is 21.4. The molecule has 0 saturated heterocycles. The van der Waals surface area contributed by atoms with E-state index in [0.29, 0.717) is 11.5 Å². The Labute approximate surface area is 117 Å². The van der Waals surface area contributed by atoms with Crippen molar-refractivity contribution in [1.82, 2.24) is 0 Å². The van der Waals surface area contributed by atoms with Gasteiger partial charge in [-0.3, -0.25) is 0 Å². The maximum absolute atomic E-state index is 9.06. The summed E-state index contributed by atoms with van der Waals surface area (Å²) in [5.74, 6) is 0.454. The van der Waals surface area contributed by atoms with Crippen molar-refractivity contribution in [2.24, 2.45) is 5.92 Å². The van der Waals surface area contributed by atoms with Crippen LogP contribution in [0.5, 0.6) is 0 Å². The van der Waals surface area contributed by atoms with E-state index in [1.807, 2.05) is 18.2 Å². The van der Waals surface area contributed by atoms with Crippen LogP contribution in [0.2, 0.25) is 0 Å². The van der Waals surface area contributed by atoms with Crippen LogP contribution in [0.15, 0.2) is 22.7 Å². The van der Waals surface area contributed by atoms with Gasteiger partial charge < -0.3 is 10.4 Å². The van der Waals surface area contributed by atoms with Crippen LogP contribution in [0.4, 0.5) is 5.69 Å². The van der Waals surface area contributed by atoms with Crippen LogP contribution in [0, 0.1) is 17.2 Å². The van der Waals surface area contributed by atoms with E-state index in [-0.39, 0.29) is 6.61 Å². The second kappa shape index (κ2) is 8.12. The smallest absolute Gasteiger partial charge is 0.101 e. The highest BCUT2D eigenvalue weighted by molar-refractivity contribution is 9.10. The van der Waals surface area contributed by atoms with Crippen LogP contribution in [-0.2, 0) is 0 Å². The van der Waals surface area contributed by atoms with Gasteiger partial charge in [-0.15, -0.1) is 0 Å². The van der Waals surface area contributed by atoms with Gasteiger partial charge in [0.25, 0.3) is 0 Å². The molecule has 0 bridgehead atoms. The summed E-state index contributed by atoms with van der Waals surface area (Å²) in [6.07, 6.45) is 3.00. The van der Waals surface area contributed by atoms with Crippen LogP contribution in [0.3, 0.4) is 0 Å². The molecule has 0 aliphatic heterocycles. The molecule has 1 atom stereocenters. The van der Waals surface area contributed by atoms with Crippen LogP contribution < -0.4 is 5.32 Å². The largest absolute Gasteiger partial charge is 0.396 e. The normalized spacial score (nSPS) is 11.9. The lowest BCUT2D eigenvalue weighted by Crippen LogP contribution is -2.16. The van der Waals surface area contributed by atoms with Gasteiger partial charge in [-0.1, -0.05) is 29.3 Å². The zero-order chi connectivity index (χ0) is 13.4. The number of halogens is 1. The molecule has 18 heavy (non-hydrogen) atoms. The van der Waals surface area contributed by atoms with Gasteiger partial charge in [0, 0.05) is 17.6 Å². The maximum atomic E-state index is 9.06. The SMILES string of the molecule is CCCC(CCO)CNc1ccc(Br)cc1C#N. The van der Waals surface area contributed by atoms with Gasteiger partial charge in [0.05, 0.1) is 11.3 Å². The first kappa shape index (κ1) is 15.0. The molecule has 0 saturated carbocycles. The fourth-order valence-electron chi connectivity index (χ4n) is 1.96. The van der Waals surface area contributed by atoms with E-state index in [2.05, 4.69) is 34.2 Å². The minimum Gasteiger partial charge on any atom is -0.396 e. The summed E-state index contributed by atoms with van der Waals surface area (Å²) in [5.41, 5.74) is 1.50. The summed E-state index contributed by atoms with van der Waals surface area (Å²) in [6, 6.07) is 7.82. The Morgan fingerprint density at radius 3 is 2.83 bits per heavy atom. The molecule has 0 aliphatic rings. The molecule has 2 N–H and O–H groups in total. The highest BCUT2D eigenvalue weighted by Crippen LogP contribution is 2.21. The number of hydrogen-bond acceptors (Lipinski definition) is 3. The number of anilines is 1. The Bertz CT molecular complexity index is 409. The van der Waals surface area contributed by atoms with E-state index in [4.69, 9.17) is 10.4 Å². The maximum Gasteiger partial charge on any atom is 0.101 e. The quantitative estimate of drug-likeness (QED) is 0.810. The van der Waals surface area contributed by atoms with E-state index in [1.54, 1.807) is 0 Å². The first-order valence-electron chi connectivity index (χ1n) is 6.25. The molecule has 98 valence electrons. The molecule has 1 rings (SSSR count). The van der Waals surface area contributed by atoms with Crippen molar-refractivity contribution in [3.05, 3.63) is 28.2 Å². The number of rotatable bonds is 7. The number of hydrogen-bond donors (Lipinski definition) is 2. The Morgan fingerprint density at radius 1 is 1.44 bits per heavy atom. The third kappa shape index (κ3) is 4.67. The van der Waals surface area contributed by atoms with Crippen LogP contribution in [0.25, 0.3) is 0 Å². The Kier molecular flexibility index (Phi) is 6.77. The van der Waals surface area contributed by atoms with Crippen LogP contribution >= 0.6 is 15.9 Å². The third-order valence-electron chi connectivity index (χ3n) is 2.92. The van der Waals surface area contributed by atoms with Crippen molar-refractivity contribution in [3.63, 3.8) is 0 Å². The van der Waals surface area contributed by atoms with Gasteiger partial charge in [0.1, 0.15) is 6.07 Å². The van der Waals surface area contributed by atoms with Crippen molar-refractivity contribution >= 4 is 21.6 Å². The molecular formula is C14H19BrN2O. The summed E-state index contributed by atoms with van der Waals surface area (Å²) in [7, 11) is 0. The zero-order valence-corrected chi connectivity index (χ0v) is 12.2. The first-order chi connectivity index (χ1) is 8.71. The second-order valence-corrected chi connectivity index (χ2v) is 5.27. The predicted octanol–water partition coefficient (Wildman–Crippen LogP) is 3.53. The standard InChI is InChI=1S/C14H19BrN2O/c1-2-3-11(6-7-18)10-17-14-5-4-13(15)8-12(14)9-16/h4-5,8,11,17-18H,2-3,6-7,10H2,1H3. The molecule has 1 unspecified atom stereocenters. The zero-order valence-electron chi connectivity index (χ0n) is 10.6. The van der Waals surface area contributed by atoms with Gasteiger partial charge in [0.2, 0.25) is 0 Å². The number of nitrogens with zero attached hydrogens (tertiary/aromatic N) is 1. The summed E-state index contributed by atoms with van der Waals surface area (Å²) < 4.78 is 0.907. The average Bonchev–Trinajstić information content (AvgIpc) is 2.37. The fraction of sp³-hybridized carbons (Fsp3) is 0.500. The lowest BCUT2D eigenvalue weighted by Gasteiger charge is -2.17. The summed E-state index contributed by atoms with van der Waals surface area (Å²) in [4.78, 5) is 0. The topological polar surface area (TPSA) is 56.0 Å². The fourth-order valence-corrected chi connectivity index (χ4v) is 2.32. The molecule has 4 heteroatoms. The summed E-state index contributed by atoms with van der Waals surface area (Å²) >= 11 is 3.35. The van der Waals surface area contributed by atoms with E-state index < -0.39 is 0 Å². The summed E-state index contributed by atoms with van der Waals surface area (Å²) in [6.45, 7) is 3.16. The molecule has 0 amide bonds. The molecular weight excluding hydrogens is 292 g/mol. The average molecular weight is 311 g/mol. The molecule has 0 radical (unpaired) electrons. The van der Waals surface area contributed by atoms with E-state index in [0.717, 1.165) is 36.0 Å². The number of nitrogens with one attached hydrogen (secondary N) is 1. The molecule has 1 aromatic carbocycles. The lowest BCUT2D eigenvalue weighted by atomic mass is 10.00. The first-order valence-corrected chi connectivity index (χ1v) is 7.05. The second-order valence-electron chi connectivity index (χ2n) is 4.35. The predicted molar refractivity (Wildman–Crippen MR) is 77.4 cm³/mol. The molecule has 0 spiro atoms. The molecule has 3 nitrogen and oxygen atoms in total. The Hall–Kier alpha value is -1.05. The molecule has 1 aromatic rings. The van der Waals surface area contributed by atoms with Gasteiger partial charge in [-0.25, -0.2) is 0 Å². The van der Waals surface area contributed by atoms with E-state index in [9.17, 15) is 0 Å². The highest BCUT2D eigenvalue weighted by atomic mass is 79.9. The molecule has 0 aliphatic carbocycles. The monoisotopic (exact) mass is 310 g/mol. The lowest BCUT2D eigenvalue weighted by molar-refractivity contribution is 0.255. The van der Waals surface area contributed by atoms with Crippen LogP contribution in [0.1, 0.15) is 31.7 Å². The Morgan fingerprint density at radius 2 is 2.22 bits per heavy atom. The molecule has 0 heterocycles. The van der Waals surface area contributed by atoms with Crippen molar-refractivity contribution in [3.8, 4) is 6.07 Å². The van der Waals surface area contributed by atoms with Gasteiger partial charge in [-0.2, -0.15) is 5.26 Å². The van der Waals surface area contributed by atoms with Gasteiger partial charge >= 0.3 is 0 Å².